The summed E-state index contributed by atoms with van der Waals surface area (Å²) in [7, 11) is 0. The SMILES string of the molecule is Cc1nc(-c2ccc(CNC(=O)c3cn[nH]c3-n3cnnn3)cc2)no1. The summed E-state index contributed by atoms with van der Waals surface area (Å²) in [6.07, 6.45) is 2.80. The van der Waals surface area contributed by atoms with Gasteiger partial charge in [-0.05, 0) is 16.0 Å². The van der Waals surface area contributed by atoms with E-state index >= 15 is 0 Å². The number of nitrogens with one attached hydrogen (secondary N) is 2. The van der Waals surface area contributed by atoms with Crippen molar-refractivity contribution in [1.29, 1.82) is 0 Å². The summed E-state index contributed by atoms with van der Waals surface area (Å²) in [5.74, 6) is 1.15. The van der Waals surface area contributed by atoms with Gasteiger partial charge in [0.25, 0.3) is 5.91 Å². The first kappa shape index (κ1) is 15.6. The van der Waals surface area contributed by atoms with E-state index in [2.05, 4.69) is 41.2 Å². The first-order valence-electron chi connectivity index (χ1n) is 7.65. The molecule has 0 saturated carbocycles. The van der Waals surface area contributed by atoms with Gasteiger partial charge in [-0.15, -0.1) is 5.10 Å². The predicted molar refractivity (Wildman–Crippen MR) is 86.9 cm³/mol. The molecule has 4 aromatic rings. The Morgan fingerprint density at radius 3 is 2.85 bits per heavy atom. The number of tetrazole rings is 1. The van der Waals surface area contributed by atoms with Gasteiger partial charge in [-0.25, -0.2) is 0 Å². The molecule has 0 spiro atoms. The Kier molecular flexibility index (Phi) is 3.94. The maximum absolute atomic E-state index is 12.4. The third-order valence-corrected chi connectivity index (χ3v) is 3.63. The molecule has 0 aliphatic heterocycles. The van der Waals surface area contributed by atoms with Gasteiger partial charge in [0.2, 0.25) is 11.7 Å². The van der Waals surface area contributed by atoms with Gasteiger partial charge in [-0.2, -0.15) is 14.8 Å². The number of benzene rings is 1. The molecule has 0 saturated heterocycles. The molecule has 3 aromatic heterocycles. The summed E-state index contributed by atoms with van der Waals surface area (Å²) in [6, 6.07) is 7.52. The van der Waals surface area contributed by atoms with Gasteiger partial charge >= 0.3 is 0 Å². The molecule has 3 heterocycles. The summed E-state index contributed by atoms with van der Waals surface area (Å²) in [6.45, 7) is 2.09. The molecule has 0 aliphatic rings. The van der Waals surface area contributed by atoms with Crippen LogP contribution >= 0.6 is 0 Å². The van der Waals surface area contributed by atoms with Crippen LogP contribution in [0.3, 0.4) is 0 Å². The molecule has 0 aliphatic carbocycles. The van der Waals surface area contributed by atoms with Crippen LogP contribution in [0.1, 0.15) is 21.8 Å². The lowest BCUT2D eigenvalue weighted by Crippen LogP contribution is -2.23. The molecule has 11 heteroatoms. The Morgan fingerprint density at radius 2 is 2.15 bits per heavy atom. The van der Waals surface area contributed by atoms with Crippen molar-refractivity contribution in [2.75, 3.05) is 0 Å². The fourth-order valence-electron chi connectivity index (χ4n) is 2.35. The average Bonchev–Trinajstić information content (AvgIpc) is 3.40. The normalized spacial score (nSPS) is 10.8. The van der Waals surface area contributed by atoms with Crippen LogP contribution in [0.15, 0.2) is 41.3 Å². The van der Waals surface area contributed by atoms with Crippen molar-refractivity contribution in [3.8, 4) is 17.2 Å². The summed E-state index contributed by atoms with van der Waals surface area (Å²) < 4.78 is 6.31. The molecular weight excluding hydrogens is 338 g/mol. The summed E-state index contributed by atoms with van der Waals surface area (Å²) in [5, 5.41) is 24.1. The van der Waals surface area contributed by atoms with Crippen molar-refractivity contribution >= 4 is 5.91 Å². The number of carbonyl (C=O) groups is 1. The molecule has 0 unspecified atom stereocenters. The lowest BCUT2D eigenvalue weighted by molar-refractivity contribution is 0.0951. The van der Waals surface area contributed by atoms with E-state index in [-0.39, 0.29) is 5.91 Å². The molecule has 0 bridgehead atoms. The highest BCUT2D eigenvalue weighted by atomic mass is 16.5. The molecule has 11 nitrogen and oxygen atoms in total. The zero-order valence-corrected chi connectivity index (χ0v) is 13.6. The van der Waals surface area contributed by atoms with Gasteiger partial charge in [-0.1, -0.05) is 29.4 Å². The van der Waals surface area contributed by atoms with Crippen molar-refractivity contribution in [2.45, 2.75) is 13.5 Å². The van der Waals surface area contributed by atoms with Crippen LogP contribution in [-0.2, 0) is 6.54 Å². The first-order chi connectivity index (χ1) is 12.7. The second-order valence-corrected chi connectivity index (χ2v) is 5.40. The van der Waals surface area contributed by atoms with Crippen LogP contribution < -0.4 is 5.32 Å². The van der Waals surface area contributed by atoms with Gasteiger partial charge in [0.05, 0.1) is 6.20 Å². The van der Waals surface area contributed by atoms with E-state index in [1.165, 1.54) is 17.2 Å². The van der Waals surface area contributed by atoms with Gasteiger partial charge in [0, 0.05) is 19.0 Å². The van der Waals surface area contributed by atoms with E-state index in [9.17, 15) is 4.79 Å². The molecule has 1 aromatic carbocycles. The average molecular weight is 351 g/mol. The van der Waals surface area contributed by atoms with Gasteiger partial charge in [0.1, 0.15) is 11.9 Å². The highest BCUT2D eigenvalue weighted by Gasteiger charge is 2.16. The molecule has 1 amide bonds. The van der Waals surface area contributed by atoms with Gasteiger partial charge in [0.15, 0.2) is 5.82 Å². The molecule has 4 rings (SSSR count). The van der Waals surface area contributed by atoms with Crippen molar-refractivity contribution < 1.29 is 9.32 Å². The first-order valence-corrected chi connectivity index (χ1v) is 7.65. The Morgan fingerprint density at radius 1 is 1.31 bits per heavy atom. The molecule has 130 valence electrons. The number of amides is 1. The molecule has 0 atom stereocenters. The number of H-pyrrole nitrogens is 1. The fourth-order valence-corrected chi connectivity index (χ4v) is 2.35. The van der Waals surface area contributed by atoms with Crippen molar-refractivity contribution in [3.63, 3.8) is 0 Å². The molecule has 0 fully saturated rings. The summed E-state index contributed by atoms with van der Waals surface area (Å²) in [5.41, 5.74) is 2.11. The third-order valence-electron chi connectivity index (χ3n) is 3.63. The topological polar surface area (TPSA) is 140 Å². The largest absolute Gasteiger partial charge is 0.348 e. The van der Waals surface area contributed by atoms with Crippen molar-refractivity contribution in [1.82, 2.24) is 45.9 Å². The van der Waals surface area contributed by atoms with E-state index < -0.39 is 0 Å². The predicted octanol–water partition coefficient (Wildman–Crippen LogP) is 0.674. The number of hydrogen-bond donors (Lipinski definition) is 2. The zero-order valence-electron chi connectivity index (χ0n) is 13.6. The standard InChI is InChI=1S/C15H13N9O2/c1-9-19-13(21-26-9)11-4-2-10(3-5-11)6-16-15(25)12-7-17-20-14(12)24-8-18-22-23-24/h2-5,7-8H,6H2,1H3,(H,16,25)(H,17,20). The lowest BCUT2D eigenvalue weighted by Gasteiger charge is -2.06. The van der Waals surface area contributed by atoms with E-state index in [0.29, 0.717) is 29.6 Å². The van der Waals surface area contributed by atoms with Crippen molar-refractivity contribution in [2.24, 2.45) is 0 Å². The minimum Gasteiger partial charge on any atom is -0.348 e. The van der Waals surface area contributed by atoms with Crippen LogP contribution in [0, 0.1) is 6.92 Å². The summed E-state index contributed by atoms with van der Waals surface area (Å²) >= 11 is 0. The lowest BCUT2D eigenvalue weighted by atomic mass is 10.1. The quantitative estimate of drug-likeness (QED) is 0.534. The second-order valence-electron chi connectivity index (χ2n) is 5.40. The van der Waals surface area contributed by atoms with Crippen molar-refractivity contribution in [3.05, 3.63) is 53.8 Å². The smallest absolute Gasteiger partial charge is 0.257 e. The monoisotopic (exact) mass is 351 g/mol. The zero-order chi connectivity index (χ0) is 17.9. The molecule has 2 N–H and O–H groups in total. The Balaban J connectivity index is 1.43. The van der Waals surface area contributed by atoms with E-state index in [1.807, 2.05) is 24.3 Å². The number of aromatic nitrogens is 8. The van der Waals surface area contributed by atoms with Crippen LogP contribution in [0.5, 0.6) is 0 Å². The number of hydrogen-bond acceptors (Lipinski definition) is 8. The van der Waals surface area contributed by atoms with Crippen LogP contribution in [0.4, 0.5) is 0 Å². The maximum atomic E-state index is 12.4. The van der Waals surface area contributed by atoms with Crippen LogP contribution in [0.25, 0.3) is 17.2 Å². The highest BCUT2D eigenvalue weighted by Crippen LogP contribution is 2.16. The van der Waals surface area contributed by atoms with E-state index in [4.69, 9.17) is 4.52 Å². The highest BCUT2D eigenvalue weighted by molar-refractivity contribution is 5.96. The molecule has 0 radical (unpaired) electrons. The van der Waals surface area contributed by atoms with Crippen LogP contribution in [-0.4, -0.2) is 46.5 Å². The van der Waals surface area contributed by atoms with Crippen LogP contribution in [0.2, 0.25) is 0 Å². The fraction of sp³-hybridized carbons (Fsp3) is 0.133. The van der Waals surface area contributed by atoms with E-state index in [0.717, 1.165) is 11.1 Å². The second kappa shape index (κ2) is 6.55. The summed E-state index contributed by atoms with van der Waals surface area (Å²) in [4.78, 5) is 16.6. The number of carbonyl (C=O) groups excluding carboxylic acids is 1. The Bertz CT molecular complexity index is 1020. The number of nitrogens with zero attached hydrogens (tertiary/aromatic N) is 7. The van der Waals surface area contributed by atoms with Gasteiger partial charge in [-0.3, -0.25) is 9.89 Å². The Labute approximate surface area is 146 Å². The van der Waals surface area contributed by atoms with Gasteiger partial charge < -0.3 is 9.84 Å². The number of aryl methyl sites for hydroxylation is 1. The number of rotatable bonds is 5. The third kappa shape index (κ3) is 3.05. The molecule has 26 heavy (non-hydrogen) atoms. The molecular formula is C15H13N9O2. The minimum absolute atomic E-state index is 0.290. The van der Waals surface area contributed by atoms with E-state index in [1.54, 1.807) is 6.92 Å². The minimum atomic E-state index is -0.290. The Hall–Kier alpha value is -3.89. The maximum Gasteiger partial charge on any atom is 0.257 e. The number of aromatic amines is 1.